The van der Waals surface area contributed by atoms with Crippen LogP contribution >= 0.6 is 15.9 Å². The Morgan fingerprint density at radius 2 is 1.85 bits per heavy atom. The first-order valence-corrected chi connectivity index (χ1v) is 14.6. The van der Waals surface area contributed by atoms with Crippen LogP contribution in [0.15, 0.2) is 77.3 Å². The van der Waals surface area contributed by atoms with Gasteiger partial charge in [-0.15, -0.1) is 5.10 Å². The molecule has 1 aromatic heterocycles. The lowest BCUT2D eigenvalue weighted by Crippen LogP contribution is -2.51. The number of halogens is 1. The number of benzene rings is 3. The van der Waals surface area contributed by atoms with Crippen molar-refractivity contribution >= 4 is 38.8 Å². The maximum Gasteiger partial charge on any atom is 0.243 e. The summed E-state index contributed by atoms with van der Waals surface area (Å²) in [6.45, 7) is 1.70. The minimum atomic E-state index is -0.502. The number of carbonyl (C=O) groups is 2. The summed E-state index contributed by atoms with van der Waals surface area (Å²) in [6, 6.07) is 23.6. The van der Waals surface area contributed by atoms with Gasteiger partial charge in [0.2, 0.25) is 11.8 Å². The van der Waals surface area contributed by atoms with Crippen LogP contribution in [0.25, 0.3) is 11.0 Å². The number of aryl methyl sites for hydroxylation is 1. The summed E-state index contributed by atoms with van der Waals surface area (Å²) in [5, 5.41) is 14.8. The first-order chi connectivity index (χ1) is 19.5. The van der Waals surface area contributed by atoms with Crippen molar-refractivity contribution in [3.8, 4) is 0 Å². The molecule has 0 aliphatic carbocycles. The standard InChI is InChI=1S/C31H33BrN6O2/c1-37-28-12-11-20(14-26(28)35-36-37)17-34-30(39)29-15-21(13-23-9-5-6-10-25(23)32)19-38(29)31(40)27-16-24(18-33-27)22-7-3-2-4-8-22/h2-12,14,21,24,27,29,33H,13,15-19H2,1H3,(H,34,39)/t21?,24-,27-,29+/m1/s1. The van der Waals surface area contributed by atoms with Crippen molar-refractivity contribution in [1.29, 1.82) is 0 Å². The predicted octanol–water partition coefficient (Wildman–Crippen LogP) is 3.95. The largest absolute Gasteiger partial charge is 0.350 e. The first-order valence-electron chi connectivity index (χ1n) is 13.8. The summed E-state index contributed by atoms with van der Waals surface area (Å²) in [6.07, 6.45) is 2.18. The lowest BCUT2D eigenvalue weighted by atomic mass is 9.96. The number of hydrogen-bond acceptors (Lipinski definition) is 5. The third-order valence-electron chi connectivity index (χ3n) is 8.28. The normalized spacial score (nSPS) is 22.6. The molecule has 2 aliphatic heterocycles. The van der Waals surface area contributed by atoms with Gasteiger partial charge in [0, 0.05) is 31.2 Å². The third-order valence-corrected chi connectivity index (χ3v) is 9.06. The van der Waals surface area contributed by atoms with Gasteiger partial charge in [-0.05, 0) is 66.0 Å². The van der Waals surface area contributed by atoms with Crippen LogP contribution in [-0.4, -0.2) is 56.9 Å². The predicted molar refractivity (Wildman–Crippen MR) is 157 cm³/mol. The number of amides is 2. The van der Waals surface area contributed by atoms with Crippen molar-refractivity contribution in [2.24, 2.45) is 13.0 Å². The Balaban J connectivity index is 1.17. The number of fused-ring (bicyclic) bond motifs is 1. The van der Waals surface area contributed by atoms with E-state index in [1.54, 1.807) is 4.68 Å². The zero-order chi connectivity index (χ0) is 27.6. The second kappa shape index (κ2) is 11.5. The molecule has 1 unspecified atom stereocenters. The lowest BCUT2D eigenvalue weighted by Gasteiger charge is -2.27. The summed E-state index contributed by atoms with van der Waals surface area (Å²) in [7, 11) is 1.86. The Morgan fingerprint density at radius 1 is 1.05 bits per heavy atom. The van der Waals surface area contributed by atoms with E-state index in [4.69, 9.17) is 0 Å². The lowest BCUT2D eigenvalue weighted by molar-refractivity contribution is -0.139. The fraction of sp³-hybridized carbons (Fsp3) is 0.355. The Hall–Kier alpha value is -3.56. The molecule has 9 heteroatoms. The smallest absolute Gasteiger partial charge is 0.243 e. The highest BCUT2D eigenvalue weighted by atomic mass is 79.9. The van der Waals surface area contributed by atoms with E-state index in [9.17, 15) is 9.59 Å². The minimum absolute atomic E-state index is 0.0224. The SMILES string of the molecule is Cn1nnc2cc(CNC(=O)[C@@H]3CC(Cc4ccccc4Br)CN3C(=O)[C@H]3C[C@@H](c4ccccc4)CN3)ccc21. The van der Waals surface area contributed by atoms with Gasteiger partial charge in [0.1, 0.15) is 11.6 Å². The molecule has 40 heavy (non-hydrogen) atoms. The van der Waals surface area contributed by atoms with Crippen LogP contribution in [0.1, 0.15) is 35.4 Å². The number of nitrogens with zero attached hydrogens (tertiary/aromatic N) is 4. The molecule has 0 radical (unpaired) electrons. The molecule has 3 heterocycles. The highest BCUT2D eigenvalue weighted by Gasteiger charge is 2.43. The second-order valence-electron chi connectivity index (χ2n) is 11.0. The van der Waals surface area contributed by atoms with Gasteiger partial charge in [-0.25, -0.2) is 4.68 Å². The maximum absolute atomic E-state index is 13.9. The topological polar surface area (TPSA) is 92.2 Å². The van der Waals surface area contributed by atoms with E-state index in [0.717, 1.165) is 40.5 Å². The van der Waals surface area contributed by atoms with Crippen LogP contribution < -0.4 is 10.6 Å². The molecule has 206 valence electrons. The zero-order valence-corrected chi connectivity index (χ0v) is 24.0. The van der Waals surface area contributed by atoms with Crippen molar-refractivity contribution in [2.45, 2.75) is 43.8 Å². The van der Waals surface area contributed by atoms with Gasteiger partial charge in [0.05, 0.1) is 11.6 Å². The van der Waals surface area contributed by atoms with Crippen molar-refractivity contribution in [3.05, 3.63) is 94.0 Å². The summed E-state index contributed by atoms with van der Waals surface area (Å²) in [4.78, 5) is 29.3. The molecule has 4 aromatic rings. The molecule has 3 aromatic carbocycles. The van der Waals surface area contributed by atoms with Gasteiger partial charge >= 0.3 is 0 Å². The molecule has 2 N–H and O–H groups in total. The fourth-order valence-corrected chi connectivity index (χ4v) is 6.59. The zero-order valence-electron chi connectivity index (χ0n) is 22.5. The highest BCUT2D eigenvalue weighted by Crippen LogP contribution is 2.32. The van der Waals surface area contributed by atoms with Gasteiger partial charge in [-0.3, -0.25) is 9.59 Å². The van der Waals surface area contributed by atoms with Crippen LogP contribution in [0.5, 0.6) is 0 Å². The van der Waals surface area contributed by atoms with E-state index in [1.807, 2.05) is 66.5 Å². The molecule has 2 fully saturated rings. The van der Waals surface area contributed by atoms with Crippen LogP contribution in [-0.2, 0) is 29.6 Å². The molecular weight excluding hydrogens is 568 g/mol. The quantitative estimate of drug-likeness (QED) is 0.335. The van der Waals surface area contributed by atoms with Crippen LogP contribution in [0.2, 0.25) is 0 Å². The molecular formula is C31H33BrN6O2. The molecule has 6 rings (SSSR count). The first kappa shape index (κ1) is 26.7. The van der Waals surface area contributed by atoms with E-state index < -0.39 is 6.04 Å². The average Bonchev–Trinajstić information content (AvgIpc) is 3.72. The highest BCUT2D eigenvalue weighted by molar-refractivity contribution is 9.10. The molecule has 0 saturated carbocycles. The van der Waals surface area contributed by atoms with Crippen LogP contribution in [0, 0.1) is 5.92 Å². The number of nitrogens with one attached hydrogen (secondary N) is 2. The Labute approximate surface area is 242 Å². The minimum Gasteiger partial charge on any atom is -0.350 e. The van der Waals surface area contributed by atoms with Crippen LogP contribution in [0.4, 0.5) is 0 Å². The summed E-state index contributed by atoms with van der Waals surface area (Å²) in [5.74, 6) is 0.395. The van der Waals surface area contributed by atoms with Gasteiger partial charge in [-0.2, -0.15) is 0 Å². The molecule has 0 bridgehead atoms. The maximum atomic E-state index is 13.9. The summed E-state index contributed by atoms with van der Waals surface area (Å²) in [5.41, 5.74) is 5.12. The van der Waals surface area contributed by atoms with E-state index >= 15 is 0 Å². The Kier molecular flexibility index (Phi) is 7.67. The number of hydrogen-bond donors (Lipinski definition) is 2. The van der Waals surface area contributed by atoms with E-state index in [1.165, 1.54) is 11.1 Å². The molecule has 2 saturated heterocycles. The second-order valence-corrected chi connectivity index (χ2v) is 11.8. The molecule has 4 atom stereocenters. The fourth-order valence-electron chi connectivity index (χ4n) is 6.14. The van der Waals surface area contributed by atoms with Crippen molar-refractivity contribution in [1.82, 2.24) is 30.5 Å². The third kappa shape index (κ3) is 5.53. The van der Waals surface area contributed by atoms with Crippen molar-refractivity contribution in [3.63, 3.8) is 0 Å². The van der Waals surface area contributed by atoms with Gasteiger partial charge in [0.25, 0.3) is 0 Å². The molecule has 2 aliphatic rings. The van der Waals surface area contributed by atoms with Gasteiger partial charge < -0.3 is 15.5 Å². The molecule has 2 amide bonds. The van der Waals surface area contributed by atoms with E-state index in [2.05, 4.69) is 55.1 Å². The monoisotopic (exact) mass is 600 g/mol. The Morgan fingerprint density at radius 3 is 2.67 bits per heavy atom. The number of carbonyl (C=O) groups excluding carboxylic acids is 2. The Bertz CT molecular complexity index is 1520. The van der Waals surface area contributed by atoms with Crippen molar-refractivity contribution in [2.75, 3.05) is 13.1 Å². The number of rotatable bonds is 7. The van der Waals surface area contributed by atoms with E-state index in [-0.39, 0.29) is 29.7 Å². The number of aromatic nitrogens is 3. The number of likely N-dealkylation sites (tertiary alicyclic amines) is 1. The van der Waals surface area contributed by atoms with Crippen molar-refractivity contribution < 1.29 is 9.59 Å². The van der Waals surface area contributed by atoms with E-state index in [0.29, 0.717) is 19.5 Å². The average molecular weight is 602 g/mol. The molecule has 8 nitrogen and oxygen atoms in total. The van der Waals surface area contributed by atoms with Gasteiger partial charge in [-0.1, -0.05) is 75.7 Å². The van der Waals surface area contributed by atoms with Gasteiger partial charge in [0.15, 0.2) is 0 Å². The summed E-state index contributed by atoms with van der Waals surface area (Å²) < 4.78 is 2.79. The van der Waals surface area contributed by atoms with Crippen LogP contribution in [0.3, 0.4) is 0 Å². The molecule has 0 spiro atoms. The summed E-state index contributed by atoms with van der Waals surface area (Å²) >= 11 is 3.66.